The van der Waals surface area contributed by atoms with Gasteiger partial charge in [-0.05, 0) is 19.4 Å². The van der Waals surface area contributed by atoms with E-state index in [-0.39, 0.29) is 0 Å². The molecule has 0 aromatic rings. The molecule has 2 nitrogen and oxygen atoms in total. The Morgan fingerprint density at radius 3 is 3.12 bits per heavy atom. The average Bonchev–Trinajstić information content (AvgIpc) is 1.94. The molecule has 1 aliphatic heterocycles. The molecule has 1 saturated heterocycles. The normalized spacial score (nSPS) is 31.9. The van der Waals surface area contributed by atoms with Gasteiger partial charge in [-0.2, -0.15) is 0 Å². The molecule has 0 aliphatic carbocycles. The zero-order valence-corrected chi connectivity index (χ0v) is 5.19. The minimum Gasteiger partial charge on any atom is -0.327 e. The van der Waals surface area contributed by atoms with Crippen LogP contribution in [0.1, 0.15) is 19.3 Å². The van der Waals surface area contributed by atoms with E-state index >= 15 is 0 Å². The first-order valence-corrected chi connectivity index (χ1v) is 3.36. The SMILES string of the molecule is N[C@@H]1CCCCNC1. The number of nitrogens with two attached hydrogens (primary N) is 1. The highest BCUT2D eigenvalue weighted by atomic mass is 14.9. The molecule has 0 radical (unpaired) electrons. The van der Waals surface area contributed by atoms with E-state index in [0.29, 0.717) is 6.04 Å². The van der Waals surface area contributed by atoms with Crippen LogP contribution in [0.2, 0.25) is 0 Å². The van der Waals surface area contributed by atoms with Crippen molar-refractivity contribution in [2.45, 2.75) is 25.3 Å². The van der Waals surface area contributed by atoms with E-state index in [0.717, 1.165) is 13.1 Å². The Kier molecular flexibility index (Phi) is 2.30. The molecule has 48 valence electrons. The van der Waals surface area contributed by atoms with E-state index in [4.69, 9.17) is 5.73 Å². The summed E-state index contributed by atoms with van der Waals surface area (Å²) in [5, 5.41) is 3.27. The molecule has 0 aromatic heterocycles. The maximum absolute atomic E-state index is 5.67. The highest BCUT2D eigenvalue weighted by molar-refractivity contribution is 4.68. The smallest absolute Gasteiger partial charge is 0.0165 e. The third kappa shape index (κ3) is 1.80. The Labute approximate surface area is 50.4 Å². The minimum absolute atomic E-state index is 0.414. The Balaban J connectivity index is 2.17. The molecule has 1 fully saturated rings. The van der Waals surface area contributed by atoms with E-state index < -0.39 is 0 Å². The van der Waals surface area contributed by atoms with Crippen LogP contribution in [-0.4, -0.2) is 19.1 Å². The maximum Gasteiger partial charge on any atom is 0.0165 e. The molecule has 2 heteroatoms. The molecular formula is C6H14N2. The van der Waals surface area contributed by atoms with Gasteiger partial charge >= 0.3 is 0 Å². The van der Waals surface area contributed by atoms with Crippen molar-refractivity contribution in [3.63, 3.8) is 0 Å². The third-order valence-electron chi connectivity index (χ3n) is 1.58. The molecule has 0 aromatic carbocycles. The van der Waals surface area contributed by atoms with Gasteiger partial charge < -0.3 is 11.1 Å². The molecule has 1 aliphatic rings. The molecule has 1 heterocycles. The molecule has 0 unspecified atom stereocenters. The van der Waals surface area contributed by atoms with Crippen molar-refractivity contribution >= 4 is 0 Å². The lowest BCUT2D eigenvalue weighted by Gasteiger charge is -2.04. The third-order valence-corrected chi connectivity index (χ3v) is 1.58. The van der Waals surface area contributed by atoms with Crippen LogP contribution in [-0.2, 0) is 0 Å². The summed E-state index contributed by atoms with van der Waals surface area (Å²) in [6, 6.07) is 0.414. The molecule has 8 heavy (non-hydrogen) atoms. The van der Waals surface area contributed by atoms with Crippen LogP contribution in [0.4, 0.5) is 0 Å². The van der Waals surface area contributed by atoms with Crippen molar-refractivity contribution in [2.24, 2.45) is 5.73 Å². The fourth-order valence-electron chi connectivity index (χ4n) is 1.05. The molecule has 0 bridgehead atoms. The van der Waals surface area contributed by atoms with Gasteiger partial charge in [-0.3, -0.25) is 0 Å². The predicted octanol–water partition coefficient (Wildman–Crippen LogP) is 0.0872. The topological polar surface area (TPSA) is 38.0 Å². The van der Waals surface area contributed by atoms with Crippen LogP contribution in [0.3, 0.4) is 0 Å². The lowest BCUT2D eigenvalue weighted by atomic mass is 10.2. The van der Waals surface area contributed by atoms with Crippen molar-refractivity contribution in [2.75, 3.05) is 13.1 Å². The summed E-state index contributed by atoms with van der Waals surface area (Å²) in [5.41, 5.74) is 5.67. The molecule has 1 atom stereocenters. The summed E-state index contributed by atoms with van der Waals surface area (Å²) in [6.07, 6.45) is 3.80. The lowest BCUT2D eigenvalue weighted by Crippen LogP contribution is -2.31. The van der Waals surface area contributed by atoms with Crippen LogP contribution in [0.25, 0.3) is 0 Å². The highest BCUT2D eigenvalue weighted by Gasteiger charge is 2.04. The van der Waals surface area contributed by atoms with E-state index in [1.165, 1.54) is 19.3 Å². The van der Waals surface area contributed by atoms with Crippen LogP contribution in [0, 0.1) is 0 Å². The van der Waals surface area contributed by atoms with Crippen LogP contribution in [0.15, 0.2) is 0 Å². The highest BCUT2D eigenvalue weighted by Crippen LogP contribution is 2.00. The fourth-order valence-corrected chi connectivity index (χ4v) is 1.05. The van der Waals surface area contributed by atoms with E-state index in [1.807, 2.05) is 0 Å². The molecule has 0 amide bonds. The van der Waals surface area contributed by atoms with Gasteiger partial charge in [0, 0.05) is 12.6 Å². The van der Waals surface area contributed by atoms with Crippen LogP contribution < -0.4 is 11.1 Å². The van der Waals surface area contributed by atoms with Crippen molar-refractivity contribution in [3.8, 4) is 0 Å². The first-order chi connectivity index (χ1) is 3.89. The van der Waals surface area contributed by atoms with Gasteiger partial charge in [0.05, 0.1) is 0 Å². The molecular weight excluding hydrogens is 100 g/mol. The average molecular weight is 114 g/mol. The van der Waals surface area contributed by atoms with Crippen molar-refractivity contribution in [1.29, 1.82) is 0 Å². The predicted molar refractivity (Wildman–Crippen MR) is 34.7 cm³/mol. The zero-order chi connectivity index (χ0) is 5.82. The summed E-state index contributed by atoms with van der Waals surface area (Å²) in [7, 11) is 0. The Morgan fingerprint density at radius 1 is 1.38 bits per heavy atom. The quantitative estimate of drug-likeness (QED) is 0.468. The number of rotatable bonds is 0. The van der Waals surface area contributed by atoms with Crippen molar-refractivity contribution in [3.05, 3.63) is 0 Å². The van der Waals surface area contributed by atoms with Gasteiger partial charge in [0.1, 0.15) is 0 Å². The second-order valence-electron chi connectivity index (χ2n) is 2.46. The van der Waals surface area contributed by atoms with Gasteiger partial charge in [0.25, 0.3) is 0 Å². The minimum atomic E-state index is 0.414. The summed E-state index contributed by atoms with van der Waals surface area (Å²) in [4.78, 5) is 0. The monoisotopic (exact) mass is 114 g/mol. The van der Waals surface area contributed by atoms with Gasteiger partial charge in [-0.25, -0.2) is 0 Å². The van der Waals surface area contributed by atoms with E-state index in [9.17, 15) is 0 Å². The second kappa shape index (κ2) is 3.05. The number of hydrogen-bond donors (Lipinski definition) is 2. The first kappa shape index (κ1) is 6.05. The molecule has 3 N–H and O–H groups in total. The Hall–Kier alpha value is -0.0800. The fraction of sp³-hybridized carbons (Fsp3) is 1.00. The summed E-state index contributed by atoms with van der Waals surface area (Å²) in [5.74, 6) is 0. The van der Waals surface area contributed by atoms with Crippen molar-refractivity contribution in [1.82, 2.24) is 5.32 Å². The van der Waals surface area contributed by atoms with E-state index in [1.54, 1.807) is 0 Å². The van der Waals surface area contributed by atoms with Crippen molar-refractivity contribution < 1.29 is 0 Å². The zero-order valence-electron chi connectivity index (χ0n) is 5.19. The maximum atomic E-state index is 5.67. The summed E-state index contributed by atoms with van der Waals surface area (Å²) in [6.45, 7) is 2.17. The Morgan fingerprint density at radius 2 is 2.25 bits per heavy atom. The largest absolute Gasteiger partial charge is 0.327 e. The first-order valence-electron chi connectivity index (χ1n) is 3.36. The van der Waals surface area contributed by atoms with Crippen LogP contribution in [0.5, 0.6) is 0 Å². The van der Waals surface area contributed by atoms with Crippen LogP contribution >= 0.6 is 0 Å². The molecule has 1 rings (SSSR count). The standard InChI is InChI=1S/C6H14N2/c7-6-3-1-2-4-8-5-6/h6,8H,1-5,7H2/t6-/m1/s1. The van der Waals surface area contributed by atoms with Gasteiger partial charge in [-0.1, -0.05) is 6.42 Å². The second-order valence-corrected chi connectivity index (χ2v) is 2.46. The Bertz CT molecular complexity index is 55.5. The molecule has 0 saturated carbocycles. The summed E-state index contributed by atoms with van der Waals surface area (Å²) >= 11 is 0. The lowest BCUT2D eigenvalue weighted by molar-refractivity contribution is 0.600. The van der Waals surface area contributed by atoms with Gasteiger partial charge in [0.2, 0.25) is 0 Å². The number of hydrogen-bond acceptors (Lipinski definition) is 2. The van der Waals surface area contributed by atoms with Gasteiger partial charge in [-0.15, -0.1) is 0 Å². The van der Waals surface area contributed by atoms with E-state index in [2.05, 4.69) is 5.32 Å². The van der Waals surface area contributed by atoms with Gasteiger partial charge in [0.15, 0.2) is 0 Å². The summed E-state index contributed by atoms with van der Waals surface area (Å²) < 4.78 is 0. The molecule has 0 spiro atoms. The number of nitrogens with one attached hydrogen (secondary N) is 1.